The van der Waals surface area contributed by atoms with Crippen LogP contribution >= 0.6 is 0 Å². The predicted molar refractivity (Wildman–Crippen MR) is 108 cm³/mol. The largest absolute Gasteiger partial charge is 0.493 e. The molecule has 2 aromatic carbocycles. The third kappa shape index (κ3) is 3.63. The normalized spacial score (nSPS) is 13.2. The van der Waals surface area contributed by atoms with E-state index >= 15 is 0 Å². The SMILES string of the molecule is COc1ccc(C(=O)C2=Cc3cc(OC)c(OC)cc3CCN2C)cc1OC. The Morgan fingerprint density at radius 3 is 2.11 bits per heavy atom. The van der Waals surface area contributed by atoms with E-state index in [1.54, 1.807) is 46.6 Å². The monoisotopic (exact) mass is 383 g/mol. The summed E-state index contributed by atoms with van der Waals surface area (Å²) in [5, 5.41) is 0. The number of likely N-dealkylation sites (N-methyl/N-ethyl adjacent to an activating group) is 1. The molecule has 0 unspecified atom stereocenters. The maximum absolute atomic E-state index is 13.3. The number of carbonyl (C=O) groups is 1. The number of carbonyl (C=O) groups excluding carboxylic acids is 1. The van der Waals surface area contributed by atoms with Crippen LogP contribution in [0.4, 0.5) is 0 Å². The summed E-state index contributed by atoms with van der Waals surface area (Å²) in [6, 6.07) is 9.08. The van der Waals surface area contributed by atoms with E-state index in [1.807, 2.05) is 30.2 Å². The van der Waals surface area contributed by atoms with Gasteiger partial charge in [-0.15, -0.1) is 0 Å². The number of ketones is 1. The lowest BCUT2D eigenvalue weighted by Gasteiger charge is -2.20. The van der Waals surface area contributed by atoms with Gasteiger partial charge in [0.25, 0.3) is 0 Å². The number of rotatable bonds is 6. The molecule has 0 saturated carbocycles. The van der Waals surface area contributed by atoms with Gasteiger partial charge in [0.2, 0.25) is 5.78 Å². The zero-order chi connectivity index (χ0) is 20.3. The number of Topliss-reactive ketones (excluding diaryl/α,β-unsaturated/α-hetero) is 1. The smallest absolute Gasteiger partial charge is 0.209 e. The van der Waals surface area contributed by atoms with Gasteiger partial charge in [-0.05, 0) is 54.0 Å². The molecule has 1 heterocycles. The first-order valence-electron chi connectivity index (χ1n) is 8.96. The van der Waals surface area contributed by atoms with Crippen LogP contribution in [0.2, 0.25) is 0 Å². The first kappa shape index (κ1) is 19.6. The van der Waals surface area contributed by atoms with Crippen molar-refractivity contribution in [3.63, 3.8) is 0 Å². The van der Waals surface area contributed by atoms with Crippen molar-refractivity contribution >= 4 is 11.9 Å². The van der Waals surface area contributed by atoms with Crippen molar-refractivity contribution in [2.24, 2.45) is 0 Å². The van der Waals surface area contributed by atoms with Gasteiger partial charge in [0.05, 0.1) is 34.1 Å². The van der Waals surface area contributed by atoms with Crippen LogP contribution in [0.1, 0.15) is 21.5 Å². The number of hydrogen-bond acceptors (Lipinski definition) is 6. The van der Waals surface area contributed by atoms with E-state index in [0.29, 0.717) is 40.8 Å². The molecule has 0 N–H and O–H groups in total. The van der Waals surface area contributed by atoms with E-state index in [2.05, 4.69) is 0 Å². The molecular weight excluding hydrogens is 358 g/mol. The Morgan fingerprint density at radius 2 is 1.46 bits per heavy atom. The highest BCUT2D eigenvalue weighted by molar-refractivity contribution is 6.11. The van der Waals surface area contributed by atoms with E-state index in [1.165, 1.54) is 0 Å². The van der Waals surface area contributed by atoms with Crippen molar-refractivity contribution in [1.82, 2.24) is 4.90 Å². The van der Waals surface area contributed by atoms with E-state index in [9.17, 15) is 4.79 Å². The van der Waals surface area contributed by atoms with Crippen molar-refractivity contribution < 1.29 is 23.7 Å². The van der Waals surface area contributed by atoms with Gasteiger partial charge in [-0.1, -0.05) is 0 Å². The van der Waals surface area contributed by atoms with E-state index in [-0.39, 0.29) is 5.78 Å². The molecular formula is C22H25NO5. The molecule has 0 bridgehead atoms. The summed E-state index contributed by atoms with van der Waals surface area (Å²) in [7, 11) is 8.27. The Morgan fingerprint density at radius 1 is 0.857 bits per heavy atom. The van der Waals surface area contributed by atoms with Gasteiger partial charge < -0.3 is 23.8 Å². The fraction of sp³-hybridized carbons (Fsp3) is 0.318. The Bertz CT molecular complexity index is 919. The average Bonchev–Trinajstić information content (AvgIpc) is 2.90. The second kappa shape index (κ2) is 8.25. The fourth-order valence-electron chi connectivity index (χ4n) is 3.32. The molecule has 6 heteroatoms. The third-order valence-corrected chi connectivity index (χ3v) is 4.94. The van der Waals surface area contributed by atoms with E-state index in [0.717, 1.165) is 17.5 Å². The standard InChI is InChI=1S/C22H25NO5/c1-23-9-8-14-11-20(27-4)21(28-5)13-16(14)10-17(23)22(24)15-6-7-18(25-2)19(12-15)26-3/h6-7,10-13H,8-9H2,1-5H3. The number of ether oxygens (including phenoxy) is 4. The van der Waals surface area contributed by atoms with E-state index in [4.69, 9.17) is 18.9 Å². The summed E-state index contributed by atoms with van der Waals surface area (Å²) in [4.78, 5) is 15.2. The Hall–Kier alpha value is -3.15. The molecule has 28 heavy (non-hydrogen) atoms. The maximum atomic E-state index is 13.3. The molecule has 148 valence electrons. The lowest BCUT2D eigenvalue weighted by atomic mass is 10.0. The lowest BCUT2D eigenvalue weighted by molar-refractivity contribution is 0.100. The number of allylic oxidation sites excluding steroid dienone is 1. The molecule has 0 fully saturated rings. The zero-order valence-electron chi connectivity index (χ0n) is 16.9. The summed E-state index contributed by atoms with van der Waals surface area (Å²) in [5.74, 6) is 2.36. The third-order valence-electron chi connectivity index (χ3n) is 4.94. The van der Waals surface area contributed by atoms with Crippen molar-refractivity contribution in [2.45, 2.75) is 6.42 Å². The van der Waals surface area contributed by atoms with Crippen LogP contribution in [0.25, 0.3) is 6.08 Å². The van der Waals surface area contributed by atoms with Gasteiger partial charge in [0.15, 0.2) is 23.0 Å². The van der Waals surface area contributed by atoms with Crippen molar-refractivity contribution in [2.75, 3.05) is 42.0 Å². The number of methoxy groups -OCH3 is 4. The summed E-state index contributed by atoms with van der Waals surface area (Å²) < 4.78 is 21.4. The van der Waals surface area contributed by atoms with Crippen LogP contribution in [-0.2, 0) is 6.42 Å². The molecule has 0 aliphatic carbocycles. The molecule has 0 amide bonds. The summed E-state index contributed by atoms with van der Waals surface area (Å²) in [5.41, 5.74) is 3.21. The minimum atomic E-state index is -0.0777. The number of fused-ring (bicyclic) bond motifs is 1. The summed E-state index contributed by atoms with van der Waals surface area (Å²) in [6.45, 7) is 0.716. The first-order chi connectivity index (χ1) is 13.5. The Kier molecular flexibility index (Phi) is 5.78. The van der Waals surface area contributed by atoms with Crippen LogP contribution in [0.3, 0.4) is 0 Å². The van der Waals surface area contributed by atoms with Gasteiger partial charge in [0.1, 0.15) is 0 Å². The van der Waals surface area contributed by atoms with Gasteiger partial charge in [-0.25, -0.2) is 0 Å². The van der Waals surface area contributed by atoms with Gasteiger partial charge in [-0.3, -0.25) is 4.79 Å². The molecule has 0 saturated heterocycles. The Labute approximate surface area is 165 Å². The number of benzene rings is 2. The van der Waals surface area contributed by atoms with Gasteiger partial charge in [0, 0.05) is 19.2 Å². The van der Waals surface area contributed by atoms with Crippen LogP contribution in [-0.4, -0.2) is 52.7 Å². The van der Waals surface area contributed by atoms with E-state index < -0.39 is 0 Å². The molecule has 0 spiro atoms. The molecule has 0 aromatic heterocycles. The fourth-order valence-corrected chi connectivity index (χ4v) is 3.32. The number of nitrogens with zero attached hydrogens (tertiary/aromatic N) is 1. The van der Waals surface area contributed by atoms with Crippen molar-refractivity contribution in [3.05, 3.63) is 52.7 Å². The highest BCUT2D eigenvalue weighted by Gasteiger charge is 2.22. The lowest BCUT2D eigenvalue weighted by Crippen LogP contribution is -2.24. The molecule has 1 aliphatic heterocycles. The topological polar surface area (TPSA) is 57.2 Å². The van der Waals surface area contributed by atoms with Crippen LogP contribution in [0.5, 0.6) is 23.0 Å². The molecule has 6 nitrogen and oxygen atoms in total. The van der Waals surface area contributed by atoms with Crippen molar-refractivity contribution in [3.8, 4) is 23.0 Å². The van der Waals surface area contributed by atoms with Gasteiger partial charge in [-0.2, -0.15) is 0 Å². The summed E-state index contributed by atoms with van der Waals surface area (Å²) >= 11 is 0. The quantitative estimate of drug-likeness (QED) is 0.713. The molecule has 1 aliphatic rings. The number of hydrogen-bond donors (Lipinski definition) is 0. The molecule has 2 aromatic rings. The maximum Gasteiger partial charge on any atom is 0.209 e. The minimum Gasteiger partial charge on any atom is -0.493 e. The molecule has 0 atom stereocenters. The Balaban J connectivity index is 2.05. The van der Waals surface area contributed by atoms with Crippen LogP contribution in [0.15, 0.2) is 36.0 Å². The second-order valence-electron chi connectivity index (χ2n) is 6.51. The average molecular weight is 383 g/mol. The first-order valence-corrected chi connectivity index (χ1v) is 8.96. The van der Waals surface area contributed by atoms with Crippen molar-refractivity contribution in [1.29, 1.82) is 0 Å². The van der Waals surface area contributed by atoms with Crippen LogP contribution < -0.4 is 18.9 Å². The molecule has 3 rings (SSSR count). The van der Waals surface area contributed by atoms with Gasteiger partial charge >= 0.3 is 0 Å². The summed E-state index contributed by atoms with van der Waals surface area (Å²) in [6.07, 6.45) is 2.70. The highest BCUT2D eigenvalue weighted by Crippen LogP contribution is 2.34. The minimum absolute atomic E-state index is 0.0777. The second-order valence-corrected chi connectivity index (χ2v) is 6.51. The highest BCUT2D eigenvalue weighted by atomic mass is 16.5. The predicted octanol–water partition coefficient (Wildman–Crippen LogP) is 3.43. The van der Waals surface area contributed by atoms with Crippen LogP contribution in [0, 0.1) is 0 Å². The zero-order valence-corrected chi connectivity index (χ0v) is 16.9. The molecule has 0 radical (unpaired) electrons.